The number of methoxy groups -OCH3 is 1. The van der Waals surface area contributed by atoms with E-state index in [4.69, 9.17) is 16.3 Å². The van der Waals surface area contributed by atoms with Gasteiger partial charge in [-0.3, -0.25) is 4.99 Å². The maximum absolute atomic E-state index is 6.49. The Bertz CT molecular complexity index is 812. The minimum absolute atomic E-state index is 0.00178. The maximum Gasteiger partial charge on any atom is 0.119 e. The second kappa shape index (κ2) is 7.19. The topological polar surface area (TPSA) is 28.1 Å². The second-order valence-corrected chi connectivity index (χ2v) is 6.60. The molecule has 3 rings (SSSR count). The Kier molecular flexibility index (Phi) is 5.00. The van der Waals surface area contributed by atoms with Crippen molar-refractivity contribution in [1.29, 1.82) is 0 Å². The summed E-state index contributed by atoms with van der Waals surface area (Å²) in [6, 6.07) is 14.1. The van der Waals surface area contributed by atoms with Gasteiger partial charge in [0, 0.05) is 49.3 Å². The van der Waals surface area contributed by atoms with Crippen molar-refractivity contribution in [3.63, 3.8) is 0 Å². The van der Waals surface area contributed by atoms with Crippen molar-refractivity contribution in [2.24, 2.45) is 4.99 Å². The zero-order valence-electron chi connectivity index (χ0n) is 14.9. The Morgan fingerprint density at radius 1 is 1.16 bits per heavy atom. The predicted octanol–water partition coefficient (Wildman–Crippen LogP) is 4.56. The van der Waals surface area contributed by atoms with E-state index in [1.54, 1.807) is 7.11 Å². The molecule has 2 aromatic rings. The molecule has 130 valence electrons. The quantitative estimate of drug-likeness (QED) is 0.752. The van der Waals surface area contributed by atoms with Gasteiger partial charge < -0.3 is 14.5 Å². The summed E-state index contributed by atoms with van der Waals surface area (Å²) in [7, 11) is 7.74. The fraction of sp³-hybridized carbons (Fsp3) is 0.250. The van der Waals surface area contributed by atoms with Gasteiger partial charge in [0.1, 0.15) is 5.75 Å². The van der Waals surface area contributed by atoms with Gasteiger partial charge in [-0.25, -0.2) is 0 Å². The molecule has 0 amide bonds. The van der Waals surface area contributed by atoms with Gasteiger partial charge in [0.25, 0.3) is 0 Å². The molecule has 25 heavy (non-hydrogen) atoms. The van der Waals surface area contributed by atoms with Gasteiger partial charge in [-0.2, -0.15) is 0 Å². The van der Waals surface area contributed by atoms with Crippen LogP contribution in [-0.4, -0.2) is 40.5 Å². The molecule has 1 unspecified atom stereocenters. The molecule has 0 saturated heterocycles. The largest absolute Gasteiger partial charge is 0.497 e. The van der Waals surface area contributed by atoms with Crippen molar-refractivity contribution in [1.82, 2.24) is 0 Å². The Balaban J connectivity index is 1.83. The van der Waals surface area contributed by atoms with Crippen LogP contribution in [0.2, 0.25) is 0 Å². The molecular formula is C20H22ClN3O. The van der Waals surface area contributed by atoms with Crippen molar-refractivity contribution in [2.45, 2.75) is 6.04 Å². The van der Waals surface area contributed by atoms with E-state index >= 15 is 0 Å². The lowest BCUT2D eigenvalue weighted by atomic mass is 10.0. The number of hydrogen-bond donors (Lipinski definition) is 0. The first kappa shape index (κ1) is 17.4. The van der Waals surface area contributed by atoms with Crippen LogP contribution in [0.5, 0.6) is 5.75 Å². The third kappa shape index (κ3) is 3.64. The van der Waals surface area contributed by atoms with Crippen molar-refractivity contribution in [2.75, 3.05) is 38.1 Å². The second-order valence-electron chi connectivity index (χ2n) is 6.19. The number of anilines is 2. The van der Waals surface area contributed by atoms with Gasteiger partial charge in [0.15, 0.2) is 0 Å². The number of fused-ring (bicyclic) bond motifs is 1. The van der Waals surface area contributed by atoms with Crippen molar-refractivity contribution in [3.8, 4) is 5.75 Å². The monoisotopic (exact) mass is 355 g/mol. The van der Waals surface area contributed by atoms with E-state index < -0.39 is 0 Å². The van der Waals surface area contributed by atoms with Crippen LogP contribution in [0.3, 0.4) is 0 Å². The highest BCUT2D eigenvalue weighted by Crippen LogP contribution is 2.37. The number of nitrogens with zero attached hydrogens (tertiary/aromatic N) is 3. The van der Waals surface area contributed by atoms with E-state index in [0.717, 1.165) is 28.4 Å². The first-order chi connectivity index (χ1) is 12.0. The van der Waals surface area contributed by atoms with Gasteiger partial charge in [0.05, 0.1) is 18.8 Å². The standard InChI is InChI=1S/C20H22ClN3O/c1-23(2)15-7-5-14(6-8-15)22-13-16-11-19(21)18-12-17(25-4)9-10-20(18)24(16)3/h5-13,16H,1-4H3. The fourth-order valence-electron chi connectivity index (χ4n) is 2.80. The molecule has 1 aliphatic heterocycles. The summed E-state index contributed by atoms with van der Waals surface area (Å²) in [5.74, 6) is 0.798. The third-order valence-electron chi connectivity index (χ3n) is 4.35. The molecule has 0 fully saturated rings. The lowest BCUT2D eigenvalue weighted by molar-refractivity contribution is 0.414. The highest BCUT2D eigenvalue weighted by molar-refractivity contribution is 6.49. The summed E-state index contributed by atoms with van der Waals surface area (Å²) in [5.41, 5.74) is 4.11. The van der Waals surface area contributed by atoms with Crippen molar-refractivity contribution < 1.29 is 4.74 Å². The molecule has 0 N–H and O–H groups in total. The Hall–Kier alpha value is -2.46. The molecule has 0 aliphatic carbocycles. The summed E-state index contributed by atoms with van der Waals surface area (Å²) in [4.78, 5) is 8.83. The molecule has 0 saturated carbocycles. The van der Waals surface area contributed by atoms with Gasteiger partial charge in [0.2, 0.25) is 0 Å². The molecule has 5 heteroatoms. The third-order valence-corrected chi connectivity index (χ3v) is 4.68. The van der Waals surface area contributed by atoms with E-state index in [-0.39, 0.29) is 6.04 Å². The molecule has 0 radical (unpaired) electrons. The first-order valence-corrected chi connectivity index (χ1v) is 8.47. The van der Waals surface area contributed by atoms with Crippen LogP contribution in [0.1, 0.15) is 5.56 Å². The van der Waals surface area contributed by atoms with Crippen LogP contribution in [0.25, 0.3) is 5.03 Å². The fourth-order valence-corrected chi connectivity index (χ4v) is 3.08. The zero-order chi connectivity index (χ0) is 18.0. The number of rotatable bonds is 4. The van der Waals surface area contributed by atoms with Gasteiger partial charge in [-0.05, 0) is 48.5 Å². The predicted molar refractivity (Wildman–Crippen MR) is 108 cm³/mol. The average Bonchev–Trinajstić information content (AvgIpc) is 2.63. The van der Waals surface area contributed by atoms with Crippen LogP contribution < -0.4 is 14.5 Å². The molecule has 2 aromatic carbocycles. The molecule has 0 bridgehead atoms. The Morgan fingerprint density at radius 2 is 1.88 bits per heavy atom. The van der Waals surface area contributed by atoms with Gasteiger partial charge >= 0.3 is 0 Å². The van der Waals surface area contributed by atoms with Crippen LogP contribution in [0.15, 0.2) is 53.5 Å². The number of benzene rings is 2. The minimum atomic E-state index is 0.00178. The normalized spacial score (nSPS) is 16.6. The van der Waals surface area contributed by atoms with Crippen LogP contribution >= 0.6 is 11.6 Å². The number of hydrogen-bond acceptors (Lipinski definition) is 4. The molecule has 0 aromatic heterocycles. The SMILES string of the molecule is COc1ccc2c(c1)C(Cl)=CC(C=Nc1ccc(N(C)C)cc1)N2C. The van der Waals surface area contributed by atoms with Crippen LogP contribution in [-0.2, 0) is 0 Å². The average molecular weight is 356 g/mol. The summed E-state index contributed by atoms with van der Waals surface area (Å²) in [6.45, 7) is 0. The van der Waals surface area contributed by atoms with Crippen LogP contribution in [0.4, 0.5) is 17.1 Å². The van der Waals surface area contributed by atoms with E-state index in [9.17, 15) is 0 Å². The minimum Gasteiger partial charge on any atom is -0.497 e. The van der Waals surface area contributed by atoms with E-state index in [2.05, 4.69) is 26.9 Å². The van der Waals surface area contributed by atoms with Crippen molar-refractivity contribution in [3.05, 3.63) is 54.1 Å². The molecule has 1 atom stereocenters. The Morgan fingerprint density at radius 3 is 2.52 bits per heavy atom. The van der Waals surface area contributed by atoms with E-state index in [1.807, 2.05) is 63.8 Å². The summed E-state index contributed by atoms with van der Waals surface area (Å²) in [5, 5.41) is 0.714. The van der Waals surface area contributed by atoms with E-state index in [1.165, 1.54) is 0 Å². The molecule has 1 heterocycles. The molecule has 0 spiro atoms. The maximum atomic E-state index is 6.49. The summed E-state index contributed by atoms with van der Waals surface area (Å²) in [6.07, 6.45) is 3.92. The number of halogens is 1. The number of likely N-dealkylation sites (N-methyl/N-ethyl adjacent to an activating group) is 1. The zero-order valence-corrected chi connectivity index (χ0v) is 15.7. The lowest BCUT2D eigenvalue weighted by Gasteiger charge is -2.31. The molecular weight excluding hydrogens is 334 g/mol. The van der Waals surface area contributed by atoms with E-state index in [0.29, 0.717) is 5.03 Å². The highest BCUT2D eigenvalue weighted by Gasteiger charge is 2.22. The summed E-state index contributed by atoms with van der Waals surface area (Å²) >= 11 is 6.49. The lowest BCUT2D eigenvalue weighted by Crippen LogP contribution is -2.34. The van der Waals surface area contributed by atoms with Crippen molar-refractivity contribution >= 4 is 39.9 Å². The van der Waals surface area contributed by atoms with Crippen LogP contribution in [0, 0.1) is 0 Å². The Labute approximate surface area is 154 Å². The number of ether oxygens (including phenoxy) is 1. The molecule has 4 nitrogen and oxygen atoms in total. The molecule has 1 aliphatic rings. The van der Waals surface area contributed by atoms with Gasteiger partial charge in [-0.15, -0.1) is 0 Å². The highest BCUT2D eigenvalue weighted by atomic mass is 35.5. The van der Waals surface area contributed by atoms with Gasteiger partial charge in [-0.1, -0.05) is 11.6 Å². The smallest absolute Gasteiger partial charge is 0.119 e. The number of aliphatic imine (C=N–C) groups is 1. The first-order valence-electron chi connectivity index (χ1n) is 8.09. The summed E-state index contributed by atoms with van der Waals surface area (Å²) < 4.78 is 5.29.